The zero-order valence-corrected chi connectivity index (χ0v) is 18.3. The maximum absolute atomic E-state index is 13.3. The summed E-state index contributed by atoms with van der Waals surface area (Å²) in [4.78, 5) is 15.7. The third-order valence-electron chi connectivity index (χ3n) is 5.79. The number of carbonyl (C=O) groups excluding carboxylic acids is 1. The van der Waals surface area contributed by atoms with E-state index in [0.29, 0.717) is 12.0 Å². The van der Waals surface area contributed by atoms with Crippen LogP contribution in [0.2, 0.25) is 0 Å². The van der Waals surface area contributed by atoms with Crippen molar-refractivity contribution in [2.45, 2.75) is 18.9 Å². The third-order valence-corrected chi connectivity index (χ3v) is 6.32. The Kier molecular flexibility index (Phi) is 6.42. The second-order valence-corrected chi connectivity index (χ2v) is 8.82. The molecule has 0 unspecified atom stereocenters. The van der Waals surface area contributed by atoms with Gasteiger partial charge in [-0.1, -0.05) is 70.5 Å². The molecule has 3 nitrogen and oxygen atoms in total. The average Bonchev–Trinajstić information content (AvgIpc) is 3.20. The van der Waals surface area contributed by atoms with Crippen LogP contribution < -0.4 is 0 Å². The van der Waals surface area contributed by atoms with E-state index in [1.165, 1.54) is 5.56 Å². The molecule has 1 fully saturated rings. The van der Waals surface area contributed by atoms with Gasteiger partial charge in [0.05, 0.1) is 11.6 Å². The molecule has 4 heteroatoms. The van der Waals surface area contributed by atoms with Crippen LogP contribution in [-0.2, 0) is 17.8 Å². The van der Waals surface area contributed by atoms with Crippen LogP contribution in [0.3, 0.4) is 0 Å². The number of likely N-dealkylation sites (tertiary alicyclic amines) is 1. The molecular weight excluding hydrogens is 436 g/mol. The lowest BCUT2D eigenvalue weighted by Gasteiger charge is -2.18. The van der Waals surface area contributed by atoms with Crippen LogP contribution in [0.25, 0.3) is 0 Å². The van der Waals surface area contributed by atoms with Gasteiger partial charge in [-0.15, -0.1) is 0 Å². The number of nitrogens with zero attached hydrogens (tertiary/aromatic N) is 2. The van der Waals surface area contributed by atoms with Crippen LogP contribution in [-0.4, -0.2) is 23.8 Å². The summed E-state index contributed by atoms with van der Waals surface area (Å²) in [5, 5.41) is 9.31. The lowest BCUT2D eigenvalue weighted by atomic mass is 9.84. The Morgan fingerprint density at radius 1 is 0.967 bits per heavy atom. The highest BCUT2D eigenvalue weighted by Crippen LogP contribution is 2.35. The highest BCUT2D eigenvalue weighted by molar-refractivity contribution is 9.10. The molecule has 1 aliphatic rings. The van der Waals surface area contributed by atoms with Crippen LogP contribution in [0.15, 0.2) is 83.3 Å². The van der Waals surface area contributed by atoms with Gasteiger partial charge in [0.25, 0.3) is 0 Å². The lowest BCUT2D eigenvalue weighted by molar-refractivity contribution is -0.122. The Hall–Kier alpha value is -2.74. The molecule has 0 saturated carbocycles. The van der Waals surface area contributed by atoms with E-state index in [2.05, 4.69) is 57.2 Å². The molecule has 3 aromatic rings. The molecule has 1 heterocycles. The fourth-order valence-corrected chi connectivity index (χ4v) is 4.56. The van der Waals surface area contributed by atoms with Crippen LogP contribution in [0, 0.1) is 17.2 Å². The number of benzene rings is 3. The largest absolute Gasteiger partial charge is 0.299 e. The van der Waals surface area contributed by atoms with Crippen molar-refractivity contribution in [3.63, 3.8) is 0 Å². The number of hydrogen-bond donors (Lipinski definition) is 0. The molecule has 0 aliphatic carbocycles. The third kappa shape index (κ3) is 4.87. The Morgan fingerprint density at radius 2 is 1.73 bits per heavy atom. The first kappa shape index (κ1) is 20.5. The second-order valence-electron chi connectivity index (χ2n) is 7.90. The van der Waals surface area contributed by atoms with Gasteiger partial charge in [-0.05, 0) is 41.0 Å². The Bertz CT molecular complexity index is 1060. The van der Waals surface area contributed by atoms with Gasteiger partial charge < -0.3 is 0 Å². The molecule has 0 aromatic heterocycles. The lowest BCUT2D eigenvalue weighted by Crippen LogP contribution is -2.25. The van der Waals surface area contributed by atoms with Gasteiger partial charge >= 0.3 is 0 Å². The summed E-state index contributed by atoms with van der Waals surface area (Å²) in [5.74, 6) is 0.288. The van der Waals surface area contributed by atoms with Crippen LogP contribution >= 0.6 is 15.9 Å². The van der Waals surface area contributed by atoms with Crippen molar-refractivity contribution in [3.05, 3.63) is 106 Å². The van der Waals surface area contributed by atoms with Crippen molar-refractivity contribution in [3.8, 4) is 6.07 Å². The monoisotopic (exact) mass is 458 g/mol. The number of Topliss-reactive ketones (excluding diaryl/α,β-unsaturated/α-hetero) is 1. The quantitative estimate of drug-likeness (QED) is 0.499. The number of rotatable bonds is 6. The summed E-state index contributed by atoms with van der Waals surface area (Å²) in [6.07, 6.45) is 0.436. The fourth-order valence-electron chi connectivity index (χ4n) is 4.29. The van der Waals surface area contributed by atoms with E-state index < -0.39 is 0 Å². The van der Waals surface area contributed by atoms with Gasteiger partial charge in [0.15, 0.2) is 0 Å². The van der Waals surface area contributed by atoms with Crippen LogP contribution in [0.4, 0.5) is 0 Å². The van der Waals surface area contributed by atoms with E-state index in [0.717, 1.165) is 35.2 Å². The molecule has 0 radical (unpaired) electrons. The molecule has 0 N–H and O–H groups in total. The van der Waals surface area contributed by atoms with Crippen molar-refractivity contribution in [2.75, 3.05) is 13.1 Å². The van der Waals surface area contributed by atoms with Crippen molar-refractivity contribution >= 4 is 21.7 Å². The molecule has 4 rings (SSSR count). The van der Waals surface area contributed by atoms with Crippen molar-refractivity contribution in [1.82, 2.24) is 4.90 Å². The van der Waals surface area contributed by atoms with Crippen molar-refractivity contribution in [1.29, 1.82) is 5.26 Å². The first-order valence-electron chi connectivity index (χ1n) is 10.2. The first-order chi connectivity index (χ1) is 14.6. The number of halogens is 1. The topological polar surface area (TPSA) is 44.1 Å². The van der Waals surface area contributed by atoms with Gasteiger partial charge in [-0.2, -0.15) is 5.26 Å². The maximum Gasteiger partial charge on any atom is 0.142 e. The maximum atomic E-state index is 13.3. The molecule has 2 atom stereocenters. The molecule has 3 aromatic carbocycles. The van der Waals surface area contributed by atoms with E-state index in [1.807, 2.05) is 48.5 Å². The predicted molar refractivity (Wildman–Crippen MR) is 122 cm³/mol. The Morgan fingerprint density at radius 3 is 2.47 bits per heavy atom. The van der Waals surface area contributed by atoms with Gasteiger partial charge in [0.2, 0.25) is 0 Å². The summed E-state index contributed by atoms with van der Waals surface area (Å²) in [5.41, 5.74) is 4.02. The highest BCUT2D eigenvalue weighted by atomic mass is 79.9. The molecule has 30 heavy (non-hydrogen) atoms. The van der Waals surface area contributed by atoms with Crippen molar-refractivity contribution < 1.29 is 4.79 Å². The first-order valence-corrected chi connectivity index (χ1v) is 10.9. The molecule has 1 aliphatic heterocycles. The predicted octanol–water partition coefficient (Wildman–Crippen LogP) is 5.35. The summed E-state index contributed by atoms with van der Waals surface area (Å²) in [6, 6.07) is 28.3. The number of hydrogen-bond acceptors (Lipinski definition) is 3. The highest BCUT2D eigenvalue weighted by Gasteiger charge is 2.38. The van der Waals surface area contributed by atoms with Crippen LogP contribution in [0.1, 0.15) is 28.2 Å². The normalized spacial score (nSPS) is 18.8. The molecule has 0 amide bonds. The zero-order chi connectivity index (χ0) is 20.9. The summed E-state index contributed by atoms with van der Waals surface area (Å²) >= 11 is 3.45. The van der Waals surface area contributed by atoms with E-state index in [4.69, 9.17) is 0 Å². The minimum atomic E-state index is -0.0775. The summed E-state index contributed by atoms with van der Waals surface area (Å²) in [6.45, 7) is 2.39. The molecule has 1 saturated heterocycles. The molecule has 0 bridgehead atoms. The van der Waals surface area contributed by atoms with Crippen molar-refractivity contribution in [2.24, 2.45) is 5.92 Å². The molecular formula is C26H23BrN2O. The zero-order valence-electron chi connectivity index (χ0n) is 16.7. The van der Waals surface area contributed by atoms with Gasteiger partial charge in [0, 0.05) is 42.4 Å². The number of nitriles is 1. The van der Waals surface area contributed by atoms with E-state index in [9.17, 15) is 10.1 Å². The SMILES string of the molecule is N#Cc1cccc([C@H]2CN(Cc3ccccc3)C[C@@H]2C(=O)Cc2ccc(Br)cc2)c1. The number of ketones is 1. The van der Waals surface area contributed by atoms with E-state index >= 15 is 0 Å². The second kappa shape index (κ2) is 9.38. The van der Waals surface area contributed by atoms with E-state index in [-0.39, 0.29) is 17.6 Å². The Labute approximate surface area is 186 Å². The summed E-state index contributed by atoms with van der Waals surface area (Å²) < 4.78 is 1.01. The van der Waals surface area contributed by atoms with Gasteiger partial charge in [-0.3, -0.25) is 9.69 Å². The summed E-state index contributed by atoms with van der Waals surface area (Å²) in [7, 11) is 0. The van der Waals surface area contributed by atoms with Crippen LogP contribution in [0.5, 0.6) is 0 Å². The standard InChI is InChI=1S/C26H23BrN2O/c27-23-11-9-19(10-12-23)14-26(30)25-18-29(16-20-5-2-1-3-6-20)17-24(25)22-8-4-7-21(13-22)15-28/h1-13,24-25H,14,16-18H2/t24-,25+/m1/s1. The molecule has 0 spiro atoms. The Balaban J connectivity index is 1.57. The van der Waals surface area contributed by atoms with Gasteiger partial charge in [-0.25, -0.2) is 0 Å². The minimum Gasteiger partial charge on any atom is -0.299 e. The van der Waals surface area contributed by atoms with E-state index in [1.54, 1.807) is 0 Å². The smallest absolute Gasteiger partial charge is 0.142 e. The molecule has 150 valence electrons. The minimum absolute atomic E-state index is 0.0775. The van der Waals surface area contributed by atoms with Gasteiger partial charge in [0.1, 0.15) is 5.78 Å². The fraction of sp³-hybridized carbons (Fsp3) is 0.231. The number of carbonyl (C=O) groups is 1. The average molecular weight is 459 g/mol.